The molecule has 1 aromatic heterocycles. The second-order valence-electron chi connectivity index (χ2n) is 6.62. The summed E-state index contributed by atoms with van der Waals surface area (Å²) in [6, 6.07) is 5.90. The molecule has 3 N–H and O–H groups in total. The van der Waals surface area contributed by atoms with E-state index in [0.29, 0.717) is 22.5 Å². The van der Waals surface area contributed by atoms with Crippen molar-refractivity contribution in [1.29, 1.82) is 0 Å². The van der Waals surface area contributed by atoms with Gasteiger partial charge in [0, 0.05) is 17.8 Å². The number of thioether (sulfide) groups is 1. The number of carbonyl (C=O) groups excluding carboxylic acids is 2. The Balaban J connectivity index is 2.12. The summed E-state index contributed by atoms with van der Waals surface area (Å²) in [5.74, 6) is -1.17. The van der Waals surface area contributed by atoms with E-state index in [9.17, 15) is 19.7 Å². The first-order valence-electron chi connectivity index (χ1n) is 9.15. The zero-order valence-corrected chi connectivity index (χ0v) is 18.1. The van der Waals surface area contributed by atoms with Crippen LogP contribution in [0.1, 0.15) is 31.2 Å². The molecule has 2 heterocycles. The number of ether oxygens (including phenoxy) is 2. The maximum atomic E-state index is 11.9. The Morgan fingerprint density at radius 1 is 1.31 bits per heavy atom. The van der Waals surface area contributed by atoms with Crippen LogP contribution >= 0.6 is 11.8 Å². The Morgan fingerprint density at radius 2 is 2.06 bits per heavy atom. The lowest BCUT2D eigenvalue weighted by Crippen LogP contribution is -2.26. The fraction of sp³-hybridized carbons (Fsp3) is 0.263. The third-order valence-corrected chi connectivity index (χ3v) is 5.29. The average molecular weight is 461 g/mol. The number of nitrogens with one attached hydrogen (secondary N) is 1. The van der Waals surface area contributed by atoms with Crippen molar-refractivity contribution in [3.63, 3.8) is 0 Å². The van der Waals surface area contributed by atoms with Crippen LogP contribution in [-0.2, 0) is 14.3 Å². The monoisotopic (exact) mass is 461 g/mol. The molecule has 0 radical (unpaired) electrons. The fourth-order valence-corrected chi connectivity index (χ4v) is 3.67. The molecule has 0 aliphatic carbocycles. The highest BCUT2D eigenvalue weighted by atomic mass is 32.2. The van der Waals surface area contributed by atoms with Gasteiger partial charge in [0.15, 0.2) is 0 Å². The number of benzene rings is 1. The largest absolute Gasteiger partial charge is 0.513 e. The van der Waals surface area contributed by atoms with Gasteiger partial charge in [-0.3, -0.25) is 14.9 Å². The van der Waals surface area contributed by atoms with Crippen LogP contribution in [0.25, 0.3) is 5.57 Å². The van der Waals surface area contributed by atoms with Gasteiger partial charge in [-0.15, -0.1) is 10.2 Å². The molecule has 0 saturated carbocycles. The molecular weight excluding hydrogens is 442 g/mol. The number of nitrogens with zero attached hydrogens (tertiary/aromatic N) is 3. The number of hydrogen-bond donors (Lipinski definition) is 2. The lowest BCUT2D eigenvalue weighted by atomic mass is 9.85. The van der Waals surface area contributed by atoms with Crippen molar-refractivity contribution in [2.75, 3.05) is 12.9 Å². The van der Waals surface area contributed by atoms with Crippen LogP contribution in [0, 0.1) is 10.1 Å². The van der Waals surface area contributed by atoms with E-state index in [4.69, 9.17) is 14.9 Å². The highest BCUT2D eigenvalue weighted by Crippen LogP contribution is 2.44. The number of non-ortho nitro benzene ring substituents is 1. The standard InChI is InChI=1S/C19H19N5O7S/c1-9-14(17-22-23-18(31-17)32-8-13(20)25)15(11-5-4-6-12(7-11)24(27)28)16(10(2)21-9)30-19(26)29-3/h4-7,15,21H,8H2,1-3H3,(H2,20,25). The third kappa shape index (κ3) is 4.88. The number of amides is 1. The molecule has 1 unspecified atom stereocenters. The van der Waals surface area contributed by atoms with E-state index in [1.165, 1.54) is 25.3 Å². The Morgan fingerprint density at radius 3 is 2.72 bits per heavy atom. The van der Waals surface area contributed by atoms with Crippen LogP contribution < -0.4 is 11.1 Å². The fourth-order valence-electron chi connectivity index (χ4n) is 3.17. The summed E-state index contributed by atoms with van der Waals surface area (Å²) >= 11 is 0.969. The van der Waals surface area contributed by atoms with E-state index >= 15 is 0 Å². The molecule has 1 amide bonds. The van der Waals surface area contributed by atoms with E-state index in [1.807, 2.05) is 0 Å². The van der Waals surface area contributed by atoms with E-state index in [0.717, 1.165) is 11.8 Å². The number of carbonyl (C=O) groups is 2. The van der Waals surface area contributed by atoms with Gasteiger partial charge in [0.25, 0.3) is 10.9 Å². The molecule has 3 rings (SSSR count). The van der Waals surface area contributed by atoms with Crippen molar-refractivity contribution in [2.24, 2.45) is 5.73 Å². The molecule has 1 atom stereocenters. The molecule has 0 saturated heterocycles. The lowest BCUT2D eigenvalue weighted by molar-refractivity contribution is -0.384. The SMILES string of the molecule is COC(=O)OC1=C(C)NC(C)=C(c2nnc(SCC(N)=O)o2)C1c1cccc([N+](=O)[O-])c1. The quantitative estimate of drug-likeness (QED) is 0.268. The minimum absolute atomic E-state index is 0.0536. The number of dihydropyridines is 1. The maximum absolute atomic E-state index is 11.9. The minimum Gasteiger partial charge on any atom is -0.437 e. The van der Waals surface area contributed by atoms with Gasteiger partial charge in [0.05, 0.1) is 35.0 Å². The number of nitrogens with two attached hydrogens (primary N) is 1. The zero-order valence-electron chi connectivity index (χ0n) is 17.3. The highest BCUT2D eigenvalue weighted by molar-refractivity contribution is 7.99. The van der Waals surface area contributed by atoms with E-state index in [2.05, 4.69) is 20.3 Å². The van der Waals surface area contributed by atoms with Crippen molar-refractivity contribution in [2.45, 2.75) is 25.0 Å². The Kier molecular flexibility index (Phi) is 6.78. The van der Waals surface area contributed by atoms with Crippen LogP contribution in [0.5, 0.6) is 0 Å². The first kappa shape index (κ1) is 22.8. The zero-order chi connectivity index (χ0) is 23.4. The number of allylic oxidation sites excluding steroid dienone is 3. The summed E-state index contributed by atoms with van der Waals surface area (Å²) in [7, 11) is 1.17. The minimum atomic E-state index is -0.960. The first-order chi connectivity index (χ1) is 15.2. The van der Waals surface area contributed by atoms with Gasteiger partial charge < -0.3 is 24.9 Å². The number of rotatable bonds is 7. The molecule has 1 aromatic carbocycles. The van der Waals surface area contributed by atoms with E-state index in [-0.39, 0.29) is 28.3 Å². The lowest BCUT2D eigenvalue weighted by Gasteiger charge is -2.29. The van der Waals surface area contributed by atoms with Gasteiger partial charge in [0.1, 0.15) is 5.76 Å². The number of nitro benzene ring substituents is 1. The molecule has 0 fully saturated rings. The smallest absolute Gasteiger partial charge is 0.437 e. The summed E-state index contributed by atoms with van der Waals surface area (Å²) in [5, 5.41) is 22.5. The summed E-state index contributed by atoms with van der Waals surface area (Å²) in [6.45, 7) is 3.43. The van der Waals surface area contributed by atoms with Crippen LogP contribution in [-0.4, -0.2) is 40.0 Å². The number of methoxy groups -OCH3 is 1. The van der Waals surface area contributed by atoms with E-state index < -0.39 is 22.9 Å². The predicted molar refractivity (Wildman–Crippen MR) is 112 cm³/mol. The first-order valence-corrected chi connectivity index (χ1v) is 10.1. The van der Waals surface area contributed by atoms with Crippen molar-refractivity contribution < 1.29 is 28.4 Å². The number of nitro groups is 1. The van der Waals surface area contributed by atoms with Crippen molar-refractivity contribution in [3.05, 3.63) is 63.0 Å². The summed E-state index contributed by atoms with van der Waals surface area (Å²) in [5.41, 5.74) is 7.00. The molecule has 0 bridgehead atoms. The molecule has 32 heavy (non-hydrogen) atoms. The maximum Gasteiger partial charge on any atom is 0.513 e. The molecule has 168 valence electrons. The topological polar surface area (TPSA) is 173 Å². The summed E-state index contributed by atoms with van der Waals surface area (Å²) in [6.07, 6.45) is -0.960. The van der Waals surface area contributed by atoms with E-state index in [1.54, 1.807) is 19.9 Å². The third-order valence-electron chi connectivity index (χ3n) is 4.45. The highest BCUT2D eigenvalue weighted by Gasteiger charge is 2.36. The second-order valence-corrected chi connectivity index (χ2v) is 7.55. The number of primary amides is 1. The van der Waals surface area contributed by atoms with Crippen molar-refractivity contribution >= 4 is 35.1 Å². The molecule has 2 aromatic rings. The summed E-state index contributed by atoms with van der Waals surface area (Å²) in [4.78, 5) is 33.8. The second kappa shape index (κ2) is 9.51. The predicted octanol–water partition coefficient (Wildman–Crippen LogP) is 2.69. The molecule has 1 aliphatic heterocycles. The molecule has 0 spiro atoms. The van der Waals surface area contributed by atoms with Crippen LogP contribution in [0.4, 0.5) is 10.5 Å². The van der Waals surface area contributed by atoms with Gasteiger partial charge in [-0.25, -0.2) is 4.79 Å². The van der Waals surface area contributed by atoms with Crippen LogP contribution in [0.2, 0.25) is 0 Å². The van der Waals surface area contributed by atoms with Crippen LogP contribution in [0.15, 0.2) is 51.1 Å². The van der Waals surface area contributed by atoms with Gasteiger partial charge in [-0.2, -0.15) is 0 Å². The van der Waals surface area contributed by atoms with Gasteiger partial charge in [-0.05, 0) is 19.4 Å². The molecule has 12 nitrogen and oxygen atoms in total. The number of aromatic nitrogens is 2. The Bertz CT molecular complexity index is 1140. The van der Waals surface area contributed by atoms with Gasteiger partial charge >= 0.3 is 6.16 Å². The summed E-state index contributed by atoms with van der Waals surface area (Å²) < 4.78 is 15.7. The van der Waals surface area contributed by atoms with Crippen molar-refractivity contribution in [3.8, 4) is 0 Å². The Labute approximate surface area is 186 Å². The molecule has 1 aliphatic rings. The normalized spacial score (nSPS) is 15.9. The molecule has 13 heteroatoms. The van der Waals surface area contributed by atoms with Gasteiger partial charge in [-0.1, -0.05) is 23.9 Å². The average Bonchev–Trinajstić information content (AvgIpc) is 3.22. The van der Waals surface area contributed by atoms with Crippen LogP contribution in [0.3, 0.4) is 0 Å². The Hall–Kier alpha value is -3.87. The van der Waals surface area contributed by atoms with Crippen molar-refractivity contribution in [1.82, 2.24) is 15.5 Å². The van der Waals surface area contributed by atoms with Gasteiger partial charge in [0.2, 0.25) is 11.8 Å². The molecular formula is C19H19N5O7S. The number of hydrogen-bond acceptors (Lipinski definition) is 11.